The number of fused-ring (bicyclic) bond motifs is 6. The summed E-state index contributed by atoms with van der Waals surface area (Å²) in [4.78, 5) is 0. The van der Waals surface area contributed by atoms with Gasteiger partial charge in [-0.25, -0.2) is 16.8 Å². The fourth-order valence-corrected chi connectivity index (χ4v) is 9.23. The lowest BCUT2D eigenvalue weighted by atomic mass is 9.99. The molecule has 0 bridgehead atoms. The van der Waals surface area contributed by atoms with Gasteiger partial charge >= 0.3 is 20.7 Å². The van der Waals surface area contributed by atoms with E-state index >= 15 is 0 Å². The van der Waals surface area contributed by atoms with Gasteiger partial charge in [-0.15, -0.1) is 0 Å². The molecule has 6 rings (SSSR count). The first-order valence-corrected chi connectivity index (χ1v) is 15.4. The van der Waals surface area contributed by atoms with Crippen molar-refractivity contribution in [3.05, 3.63) is 48.5 Å². The lowest BCUT2D eigenvalue weighted by Gasteiger charge is -2.00. The van der Waals surface area contributed by atoms with Crippen LogP contribution < -0.4 is 0 Å². The first kappa shape index (κ1) is 23.4. The Morgan fingerprint density at radius 3 is 1.22 bits per heavy atom. The van der Waals surface area contributed by atoms with Crippen LogP contribution in [0.5, 0.6) is 0 Å². The van der Waals surface area contributed by atoms with Gasteiger partial charge in [-0.3, -0.25) is 9.11 Å². The van der Waals surface area contributed by atoms with Crippen LogP contribution in [0, 0.1) is 0 Å². The molecule has 0 atom stereocenters. The van der Waals surface area contributed by atoms with Crippen LogP contribution in [-0.2, 0) is 20.8 Å². The first-order chi connectivity index (χ1) is 14.9. The van der Waals surface area contributed by atoms with Crippen LogP contribution in [-0.4, -0.2) is 35.0 Å². The van der Waals surface area contributed by atoms with E-state index in [9.17, 15) is 0 Å². The van der Waals surface area contributed by atoms with E-state index in [2.05, 4.69) is 48.5 Å². The van der Waals surface area contributed by atoms with Gasteiger partial charge in [0, 0.05) is 10.8 Å². The van der Waals surface area contributed by atoms with Crippen LogP contribution in [0.1, 0.15) is 0 Å². The Bertz CT molecular complexity index is 1550. The Morgan fingerprint density at radius 1 is 0.625 bits per heavy atom. The zero-order chi connectivity index (χ0) is 23.3. The lowest BCUT2D eigenvalue weighted by Crippen LogP contribution is -1.90. The second-order valence-corrected chi connectivity index (χ2v) is 12.4. The third-order valence-electron chi connectivity index (χ3n) is 4.41. The Balaban J connectivity index is 0.000000210. The molecule has 0 aliphatic heterocycles. The highest BCUT2D eigenvalue weighted by molar-refractivity contribution is 7.80. The molecule has 0 saturated carbocycles. The normalized spacial score (nSPS) is 12.2. The maximum absolute atomic E-state index is 8.63. The predicted octanol–water partition coefficient (Wildman–Crippen LogP) is 5.71. The van der Waals surface area contributed by atoms with Crippen LogP contribution in [0.4, 0.5) is 0 Å². The highest BCUT2D eigenvalue weighted by atomic mass is 32.9. The molecule has 0 amide bonds. The third-order valence-corrected chi connectivity index (χ3v) is 9.44. The molecule has 4 aromatic carbocycles. The van der Waals surface area contributed by atoms with Crippen molar-refractivity contribution in [3.8, 4) is 0 Å². The van der Waals surface area contributed by atoms with E-state index in [0.29, 0.717) is 0 Å². The second-order valence-electron chi connectivity index (χ2n) is 6.35. The molecule has 6 aromatic rings. The topological polar surface area (TPSA) is 155 Å². The van der Waals surface area contributed by atoms with Crippen LogP contribution in [0.15, 0.2) is 48.5 Å². The molecule has 8 nitrogen and oxygen atoms in total. The molecule has 2 N–H and O–H groups in total. The summed E-state index contributed by atoms with van der Waals surface area (Å²) in [7, 11) is -2.10. The molecule has 14 heteroatoms. The van der Waals surface area contributed by atoms with Gasteiger partial charge in [0.05, 0.1) is 21.5 Å². The van der Waals surface area contributed by atoms with E-state index < -0.39 is 20.8 Å². The van der Waals surface area contributed by atoms with Gasteiger partial charge < -0.3 is 9.11 Å². The average molecular weight is 547 g/mol. The van der Waals surface area contributed by atoms with Gasteiger partial charge in [-0.1, -0.05) is 36.4 Å². The Labute approximate surface area is 195 Å². The molecular weight excluding hydrogens is 537 g/mol. The molecular formula is C18H10O8S6. The third kappa shape index (κ3) is 4.79. The fraction of sp³-hybridized carbons (Fsp3) is 0. The van der Waals surface area contributed by atoms with Crippen molar-refractivity contribution >= 4 is 113 Å². The van der Waals surface area contributed by atoms with Crippen molar-refractivity contribution < 1.29 is 35.0 Å². The summed E-state index contributed by atoms with van der Waals surface area (Å²) < 4.78 is 71.5. The van der Waals surface area contributed by atoms with E-state index in [0.717, 1.165) is 0 Å². The van der Waals surface area contributed by atoms with Gasteiger partial charge in [-0.05, 0) is 12.1 Å². The zero-order valence-electron chi connectivity index (χ0n) is 15.4. The molecule has 32 heavy (non-hydrogen) atoms. The summed E-state index contributed by atoms with van der Waals surface area (Å²) in [6, 6.07) is 17.8. The molecule has 0 saturated heterocycles. The minimum Gasteiger partial charge on any atom is -0.726 e. The second kappa shape index (κ2) is 8.57. The summed E-state index contributed by atoms with van der Waals surface area (Å²) in [6.07, 6.45) is 0. The molecule has 0 fully saturated rings. The van der Waals surface area contributed by atoms with Crippen LogP contribution in [0.3, 0.4) is 0 Å². The molecule has 2 aromatic heterocycles. The van der Waals surface area contributed by atoms with E-state index in [1.807, 2.05) is 41.4 Å². The number of hydrogen-bond donors (Lipinski definition) is 2. The van der Waals surface area contributed by atoms with Crippen molar-refractivity contribution in [1.82, 2.24) is 0 Å². The minimum atomic E-state index is -4.92. The van der Waals surface area contributed by atoms with Gasteiger partial charge in [0.15, 0.2) is 20.7 Å². The zero-order valence-corrected chi connectivity index (χ0v) is 20.3. The molecule has 2 heterocycles. The number of hydrogen-bond acceptors (Lipinski definition) is 8. The van der Waals surface area contributed by atoms with Gasteiger partial charge in [0.1, 0.15) is 9.40 Å². The van der Waals surface area contributed by atoms with Gasteiger partial charge in [0.2, 0.25) is 20.8 Å². The van der Waals surface area contributed by atoms with Crippen molar-refractivity contribution in [1.29, 1.82) is 0 Å². The number of rotatable bonds is 0. The quantitative estimate of drug-likeness (QED) is 0.0807. The first-order valence-electron chi connectivity index (χ1n) is 8.42. The standard InChI is InChI=1S/C18H8S4.2H2O4S/c1-2-6-10-9(5-1)15-13-14-16(10)20-22-18(14)12-8-4-3-7-11(12)17(13)21-19-15;2*1-5(2,3)4/h1-8H;2*(H2,1,2,3,4)/q+2;;/p-2. The summed E-state index contributed by atoms with van der Waals surface area (Å²) in [5.41, 5.74) is 0. The van der Waals surface area contributed by atoms with Crippen molar-refractivity contribution in [2.45, 2.75) is 0 Å². The highest BCUT2D eigenvalue weighted by Crippen LogP contribution is 2.52. The largest absolute Gasteiger partial charge is 0.726 e. The Hall–Kier alpha value is -1.72. The molecule has 0 aliphatic rings. The van der Waals surface area contributed by atoms with Crippen LogP contribution in [0.25, 0.3) is 51.1 Å². The molecule has 166 valence electrons. The lowest BCUT2D eigenvalue weighted by molar-refractivity contribution is 0.363. The van der Waals surface area contributed by atoms with Crippen LogP contribution >= 0.6 is 41.4 Å². The molecule has 0 unspecified atom stereocenters. The van der Waals surface area contributed by atoms with Gasteiger partial charge in [0.25, 0.3) is 9.40 Å². The number of benzene rings is 4. The fourth-order valence-electron chi connectivity index (χ4n) is 3.47. The Morgan fingerprint density at radius 2 is 0.906 bits per heavy atom. The summed E-state index contributed by atoms with van der Waals surface area (Å²) >= 11 is 0. The highest BCUT2D eigenvalue weighted by Gasteiger charge is 2.31. The molecule has 0 spiro atoms. The van der Waals surface area contributed by atoms with Crippen molar-refractivity contribution in [3.63, 3.8) is 0 Å². The molecule has 0 aliphatic carbocycles. The smallest absolute Gasteiger partial charge is 0.301 e. The van der Waals surface area contributed by atoms with E-state index in [-0.39, 0.29) is 0 Å². The Kier molecular flexibility index (Phi) is 6.28. The SMILES string of the molecule is O=S(=O)([O-])O.O=S(=O)([O-])O.c1ccc2c(c1)c1s[s+]c3c4ccccc4c4s[s+]c2c4c13. The monoisotopic (exact) mass is 546 g/mol. The summed E-state index contributed by atoms with van der Waals surface area (Å²) in [6.45, 7) is 0. The van der Waals surface area contributed by atoms with Crippen molar-refractivity contribution in [2.75, 3.05) is 0 Å². The maximum Gasteiger partial charge on any atom is 0.301 e. The van der Waals surface area contributed by atoms with E-state index in [4.69, 9.17) is 35.0 Å². The van der Waals surface area contributed by atoms with E-state index in [1.165, 1.54) is 51.1 Å². The van der Waals surface area contributed by atoms with Crippen molar-refractivity contribution in [2.24, 2.45) is 0 Å². The molecule has 0 radical (unpaired) electrons. The summed E-state index contributed by atoms with van der Waals surface area (Å²) in [5, 5.41) is 8.65. The average Bonchev–Trinajstić information content (AvgIpc) is 3.30. The minimum absolute atomic E-state index is 1.41. The predicted molar refractivity (Wildman–Crippen MR) is 130 cm³/mol. The summed E-state index contributed by atoms with van der Waals surface area (Å²) in [5.74, 6) is 0. The van der Waals surface area contributed by atoms with Crippen LogP contribution in [0.2, 0.25) is 0 Å². The van der Waals surface area contributed by atoms with Gasteiger partial charge in [-0.2, -0.15) is 0 Å². The van der Waals surface area contributed by atoms with E-state index in [1.54, 1.807) is 0 Å². The maximum atomic E-state index is 8.63.